The van der Waals surface area contributed by atoms with Gasteiger partial charge in [-0.3, -0.25) is 14.4 Å². The molecule has 7 nitrogen and oxygen atoms in total. The molecule has 1 unspecified atom stereocenters. The van der Waals surface area contributed by atoms with Crippen LogP contribution in [0, 0.1) is 13.8 Å². The molecule has 3 N–H and O–H groups in total. The summed E-state index contributed by atoms with van der Waals surface area (Å²) in [6.45, 7) is 3.91. The molecule has 0 bridgehead atoms. The minimum atomic E-state index is -0.512. The zero-order chi connectivity index (χ0) is 18.7. The van der Waals surface area contributed by atoms with Crippen molar-refractivity contribution in [2.45, 2.75) is 39.2 Å². The molecule has 0 radical (unpaired) electrons. The first-order chi connectivity index (χ1) is 12.4. The maximum atomic E-state index is 12.2. The van der Waals surface area contributed by atoms with Crippen molar-refractivity contribution in [3.63, 3.8) is 0 Å². The fourth-order valence-corrected chi connectivity index (χ4v) is 3.39. The highest BCUT2D eigenvalue weighted by atomic mass is 32.1. The van der Waals surface area contributed by atoms with Crippen LogP contribution in [0.2, 0.25) is 0 Å². The molecule has 2 heterocycles. The predicted molar refractivity (Wildman–Crippen MR) is 100 cm³/mol. The van der Waals surface area contributed by atoms with Gasteiger partial charge in [0.2, 0.25) is 17.7 Å². The summed E-state index contributed by atoms with van der Waals surface area (Å²) in [5.74, 6) is -0.561. The first-order valence-electron chi connectivity index (χ1n) is 8.32. The molecule has 1 fully saturated rings. The van der Waals surface area contributed by atoms with Gasteiger partial charge in [-0.05, 0) is 37.5 Å². The summed E-state index contributed by atoms with van der Waals surface area (Å²) < 4.78 is 0. The van der Waals surface area contributed by atoms with Gasteiger partial charge in [0.15, 0.2) is 5.13 Å². The number of benzene rings is 1. The maximum absolute atomic E-state index is 12.2. The normalized spacial score (nSPS) is 16.2. The van der Waals surface area contributed by atoms with E-state index < -0.39 is 6.04 Å². The van der Waals surface area contributed by atoms with Crippen molar-refractivity contribution in [1.82, 2.24) is 10.3 Å². The minimum Gasteiger partial charge on any atom is -0.344 e. The Balaban J connectivity index is 1.56. The molecular weight excluding hydrogens is 352 g/mol. The topological polar surface area (TPSA) is 100 Å². The SMILES string of the molecule is Cc1ccc(C)c(NC(=O)Cc2csc(NC(=O)C3CCC(=O)N3)n2)c1. The van der Waals surface area contributed by atoms with Gasteiger partial charge in [0.25, 0.3) is 0 Å². The molecule has 0 aliphatic carbocycles. The maximum Gasteiger partial charge on any atom is 0.248 e. The summed E-state index contributed by atoms with van der Waals surface area (Å²) >= 11 is 1.26. The molecule has 1 atom stereocenters. The number of hydrogen-bond donors (Lipinski definition) is 3. The van der Waals surface area contributed by atoms with Crippen LogP contribution >= 0.6 is 11.3 Å². The van der Waals surface area contributed by atoms with Crippen LogP contribution in [0.3, 0.4) is 0 Å². The average Bonchev–Trinajstić information content (AvgIpc) is 3.20. The Morgan fingerprint density at radius 3 is 2.85 bits per heavy atom. The molecule has 1 aliphatic heterocycles. The summed E-state index contributed by atoms with van der Waals surface area (Å²) in [7, 11) is 0. The highest BCUT2D eigenvalue weighted by molar-refractivity contribution is 7.13. The number of carbonyl (C=O) groups excluding carboxylic acids is 3. The van der Waals surface area contributed by atoms with Crippen molar-refractivity contribution >= 4 is 39.9 Å². The van der Waals surface area contributed by atoms with E-state index in [1.807, 2.05) is 32.0 Å². The molecule has 8 heteroatoms. The highest BCUT2D eigenvalue weighted by Gasteiger charge is 2.27. The van der Waals surface area contributed by atoms with Crippen LogP contribution in [-0.4, -0.2) is 28.7 Å². The molecule has 1 aromatic heterocycles. The Bertz CT molecular complexity index is 862. The molecule has 1 aliphatic rings. The van der Waals surface area contributed by atoms with Crippen LogP contribution in [0.1, 0.15) is 29.7 Å². The molecule has 136 valence electrons. The number of amides is 3. The Morgan fingerprint density at radius 1 is 1.31 bits per heavy atom. The van der Waals surface area contributed by atoms with E-state index in [0.29, 0.717) is 23.7 Å². The second-order valence-corrected chi connectivity index (χ2v) is 7.19. The van der Waals surface area contributed by atoms with Crippen LogP contribution in [0.5, 0.6) is 0 Å². The summed E-state index contributed by atoms with van der Waals surface area (Å²) in [4.78, 5) is 39.8. The van der Waals surface area contributed by atoms with E-state index in [2.05, 4.69) is 20.9 Å². The largest absolute Gasteiger partial charge is 0.344 e. The van der Waals surface area contributed by atoms with Crippen LogP contribution in [0.25, 0.3) is 0 Å². The second-order valence-electron chi connectivity index (χ2n) is 6.34. The van der Waals surface area contributed by atoms with E-state index in [-0.39, 0.29) is 24.1 Å². The zero-order valence-corrected chi connectivity index (χ0v) is 15.4. The molecule has 2 aromatic rings. The molecule has 1 saturated heterocycles. The second kappa shape index (κ2) is 7.65. The molecular formula is C18H20N4O3S. The summed E-state index contributed by atoms with van der Waals surface area (Å²) in [6.07, 6.45) is 0.973. The van der Waals surface area contributed by atoms with E-state index in [0.717, 1.165) is 16.8 Å². The van der Waals surface area contributed by atoms with Crippen molar-refractivity contribution in [2.24, 2.45) is 0 Å². The lowest BCUT2D eigenvalue weighted by atomic mass is 10.1. The van der Waals surface area contributed by atoms with E-state index in [9.17, 15) is 14.4 Å². The number of aryl methyl sites for hydroxylation is 2. The van der Waals surface area contributed by atoms with E-state index in [1.54, 1.807) is 5.38 Å². The fraction of sp³-hybridized carbons (Fsp3) is 0.333. The first kappa shape index (κ1) is 18.1. The van der Waals surface area contributed by atoms with Crippen LogP contribution in [0.15, 0.2) is 23.6 Å². The number of thiazole rings is 1. The smallest absolute Gasteiger partial charge is 0.248 e. The van der Waals surface area contributed by atoms with Crippen LogP contribution < -0.4 is 16.0 Å². The van der Waals surface area contributed by atoms with Crippen molar-refractivity contribution in [3.8, 4) is 0 Å². The van der Waals surface area contributed by atoms with Gasteiger partial charge in [-0.2, -0.15) is 0 Å². The van der Waals surface area contributed by atoms with Crippen molar-refractivity contribution in [1.29, 1.82) is 0 Å². The van der Waals surface area contributed by atoms with Gasteiger partial charge in [-0.1, -0.05) is 12.1 Å². The number of hydrogen-bond acceptors (Lipinski definition) is 5. The molecule has 3 rings (SSSR count). The standard InChI is InChI=1S/C18H20N4O3S/c1-10-3-4-11(2)14(7-10)21-16(24)8-12-9-26-18(19-12)22-17(25)13-5-6-15(23)20-13/h3-4,7,9,13H,5-6,8H2,1-2H3,(H,20,23)(H,21,24)(H,19,22,25). The van der Waals surface area contributed by atoms with Gasteiger partial charge in [0.05, 0.1) is 12.1 Å². The van der Waals surface area contributed by atoms with E-state index >= 15 is 0 Å². The summed E-state index contributed by atoms with van der Waals surface area (Å²) in [5.41, 5.74) is 3.44. The lowest BCUT2D eigenvalue weighted by molar-refractivity contribution is -0.122. The third-order valence-corrected chi connectivity index (χ3v) is 4.91. The zero-order valence-electron chi connectivity index (χ0n) is 14.6. The molecule has 3 amide bonds. The fourth-order valence-electron chi connectivity index (χ4n) is 2.68. The number of carbonyl (C=O) groups is 3. The number of nitrogens with one attached hydrogen (secondary N) is 3. The van der Waals surface area contributed by atoms with E-state index in [1.165, 1.54) is 11.3 Å². The van der Waals surface area contributed by atoms with Gasteiger partial charge in [0.1, 0.15) is 6.04 Å². The third-order valence-electron chi connectivity index (χ3n) is 4.10. The molecule has 0 spiro atoms. The van der Waals surface area contributed by atoms with Crippen molar-refractivity contribution in [2.75, 3.05) is 10.6 Å². The number of rotatable bonds is 5. The number of anilines is 2. The number of aromatic nitrogens is 1. The number of nitrogens with zero attached hydrogens (tertiary/aromatic N) is 1. The van der Waals surface area contributed by atoms with Crippen molar-refractivity contribution < 1.29 is 14.4 Å². The Labute approximate surface area is 155 Å². The average molecular weight is 372 g/mol. The Morgan fingerprint density at radius 2 is 2.12 bits per heavy atom. The van der Waals surface area contributed by atoms with Gasteiger partial charge < -0.3 is 16.0 Å². The Hall–Kier alpha value is -2.74. The highest BCUT2D eigenvalue weighted by Crippen LogP contribution is 2.19. The molecule has 26 heavy (non-hydrogen) atoms. The summed E-state index contributed by atoms with van der Waals surface area (Å²) in [6, 6.07) is 5.37. The van der Waals surface area contributed by atoms with Crippen LogP contribution in [0.4, 0.5) is 10.8 Å². The summed E-state index contributed by atoms with van der Waals surface area (Å²) in [5, 5.41) is 10.4. The monoisotopic (exact) mass is 372 g/mol. The van der Waals surface area contributed by atoms with Gasteiger partial charge in [0, 0.05) is 17.5 Å². The Kier molecular flexibility index (Phi) is 5.32. The molecule has 0 saturated carbocycles. The lowest BCUT2D eigenvalue weighted by Gasteiger charge is -2.09. The van der Waals surface area contributed by atoms with Gasteiger partial charge in [-0.25, -0.2) is 4.98 Å². The van der Waals surface area contributed by atoms with Gasteiger partial charge >= 0.3 is 0 Å². The first-order valence-corrected chi connectivity index (χ1v) is 9.20. The predicted octanol–water partition coefficient (Wildman–Crippen LogP) is 2.16. The van der Waals surface area contributed by atoms with E-state index in [4.69, 9.17) is 0 Å². The third kappa shape index (κ3) is 4.45. The molecule has 1 aromatic carbocycles. The minimum absolute atomic E-state index is 0.118. The van der Waals surface area contributed by atoms with Gasteiger partial charge in [-0.15, -0.1) is 11.3 Å². The lowest BCUT2D eigenvalue weighted by Crippen LogP contribution is -2.37. The van der Waals surface area contributed by atoms with Crippen molar-refractivity contribution in [3.05, 3.63) is 40.4 Å². The quantitative estimate of drug-likeness (QED) is 0.749. The van der Waals surface area contributed by atoms with Crippen LogP contribution in [-0.2, 0) is 20.8 Å².